The number of halogens is 1. The van der Waals surface area contributed by atoms with E-state index in [4.69, 9.17) is 16.6 Å². The van der Waals surface area contributed by atoms with Gasteiger partial charge in [0.1, 0.15) is 12.6 Å². The minimum Gasteiger partial charge on any atom is -0.382 e. The van der Waals surface area contributed by atoms with Crippen molar-refractivity contribution in [3.05, 3.63) is 59.1 Å². The monoisotopic (exact) mass is 374 g/mol. The summed E-state index contributed by atoms with van der Waals surface area (Å²) in [6, 6.07) is 15.8. The van der Waals surface area contributed by atoms with Crippen LogP contribution < -0.4 is 9.80 Å². The zero-order valence-electron chi connectivity index (χ0n) is 13.9. The molecule has 1 fully saturated rings. The maximum atomic E-state index is 10.4. The van der Waals surface area contributed by atoms with Crippen molar-refractivity contribution >= 4 is 38.3 Å². The number of nitrogens with one attached hydrogen (secondary N) is 1. The van der Waals surface area contributed by atoms with E-state index in [9.17, 15) is 5.11 Å². The molecule has 1 atom stereocenters. The van der Waals surface area contributed by atoms with Crippen LogP contribution in [0.2, 0.25) is 5.02 Å². The van der Waals surface area contributed by atoms with E-state index in [2.05, 4.69) is 4.90 Å². The molecule has 0 unspecified atom stereocenters. The molecule has 1 aliphatic rings. The Hall–Kier alpha value is -1.66. The van der Waals surface area contributed by atoms with E-state index in [0.717, 1.165) is 58.7 Å². The Balaban J connectivity index is 1.37. The number of piperazine rings is 1. The fraction of sp³-hybridized carbons (Fsp3) is 0.316. The zero-order chi connectivity index (χ0) is 17.2. The van der Waals surface area contributed by atoms with Gasteiger partial charge >= 0.3 is 0 Å². The fourth-order valence-corrected chi connectivity index (χ4v) is 4.60. The predicted octanol–water partition coefficient (Wildman–Crippen LogP) is 2.39. The second-order valence-corrected chi connectivity index (χ2v) is 7.92. The second kappa shape index (κ2) is 7.30. The van der Waals surface area contributed by atoms with Crippen LogP contribution >= 0.6 is 22.9 Å². The Morgan fingerprint density at radius 3 is 2.68 bits per heavy atom. The molecule has 0 saturated carbocycles. The first-order valence-electron chi connectivity index (χ1n) is 8.57. The normalized spacial score (nSPS) is 17.1. The molecular formula is C19H21ClN3OS+. The molecule has 0 spiro atoms. The number of nitrogens with zero attached hydrogens (tertiary/aromatic N) is 2. The van der Waals surface area contributed by atoms with Gasteiger partial charge in [0.2, 0.25) is 0 Å². The van der Waals surface area contributed by atoms with Crippen LogP contribution in [0.4, 0.5) is 5.13 Å². The molecule has 4 nitrogen and oxygen atoms in total. The van der Waals surface area contributed by atoms with Crippen molar-refractivity contribution in [1.82, 2.24) is 4.98 Å². The molecule has 1 aliphatic heterocycles. The van der Waals surface area contributed by atoms with Crippen molar-refractivity contribution in [3.63, 3.8) is 0 Å². The highest BCUT2D eigenvalue weighted by molar-refractivity contribution is 7.22. The molecule has 2 N–H and O–H groups in total. The van der Waals surface area contributed by atoms with Gasteiger partial charge in [-0.05, 0) is 23.8 Å². The Kier molecular flexibility index (Phi) is 4.90. The summed E-state index contributed by atoms with van der Waals surface area (Å²) in [6.45, 7) is 4.71. The summed E-state index contributed by atoms with van der Waals surface area (Å²) in [5.41, 5.74) is 2.01. The lowest BCUT2D eigenvalue weighted by Gasteiger charge is -2.33. The number of thiazole rings is 1. The van der Waals surface area contributed by atoms with Crippen molar-refractivity contribution in [2.45, 2.75) is 6.10 Å². The topological polar surface area (TPSA) is 40.8 Å². The SMILES string of the molecule is O[C@@H](C[NH+]1CCN(c2nc3ccc(Cl)cc3s2)CC1)c1ccccc1. The molecule has 0 aliphatic carbocycles. The lowest BCUT2D eigenvalue weighted by atomic mass is 10.1. The summed E-state index contributed by atoms with van der Waals surface area (Å²) < 4.78 is 1.14. The summed E-state index contributed by atoms with van der Waals surface area (Å²) in [6.07, 6.45) is -0.396. The van der Waals surface area contributed by atoms with E-state index < -0.39 is 6.10 Å². The van der Waals surface area contributed by atoms with Crippen molar-refractivity contribution in [2.24, 2.45) is 0 Å². The summed E-state index contributed by atoms with van der Waals surface area (Å²) in [5.74, 6) is 0. The van der Waals surface area contributed by atoms with Crippen molar-refractivity contribution in [1.29, 1.82) is 0 Å². The number of aliphatic hydroxyl groups is 1. The van der Waals surface area contributed by atoms with Crippen LogP contribution in [0.1, 0.15) is 11.7 Å². The predicted molar refractivity (Wildman–Crippen MR) is 104 cm³/mol. The van der Waals surface area contributed by atoms with E-state index in [1.54, 1.807) is 11.3 Å². The van der Waals surface area contributed by atoms with Gasteiger partial charge in [-0.25, -0.2) is 4.98 Å². The first kappa shape index (κ1) is 16.8. The Morgan fingerprint density at radius 1 is 1.16 bits per heavy atom. The standard InChI is InChI=1S/C19H20ClN3OS/c20-15-6-7-16-18(12-15)25-19(21-16)23-10-8-22(9-11-23)13-17(24)14-4-2-1-3-5-14/h1-7,12,17,24H,8-11,13H2/p+1/t17-/m0/s1. The maximum Gasteiger partial charge on any atom is 0.186 e. The van der Waals surface area contributed by atoms with Crippen LogP contribution in [0.25, 0.3) is 10.2 Å². The number of fused-ring (bicyclic) bond motifs is 1. The first-order chi connectivity index (χ1) is 12.2. The molecule has 0 bridgehead atoms. The molecule has 130 valence electrons. The third-order valence-electron chi connectivity index (χ3n) is 4.75. The highest BCUT2D eigenvalue weighted by Gasteiger charge is 2.24. The lowest BCUT2D eigenvalue weighted by Crippen LogP contribution is -3.15. The van der Waals surface area contributed by atoms with Gasteiger partial charge in [0, 0.05) is 5.02 Å². The van der Waals surface area contributed by atoms with Gasteiger partial charge in [0.05, 0.1) is 36.4 Å². The highest BCUT2D eigenvalue weighted by Crippen LogP contribution is 2.30. The molecule has 0 amide bonds. The number of hydrogen-bond donors (Lipinski definition) is 2. The van der Waals surface area contributed by atoms with E-state index in [-0.39, 0.29) is 0 Å². The first-order valence-corrected chi connectivity index (χ1v) is 9.76. The van der Waals surface area contributed by atoms with Crippen LogP contribution in [-0.4, -0.2) is 42.8 Å². The molecular weight excluding hydrogens is 354 g/mol. The van der Waals surface area contributed by atoms with Crippen LogP contribution in [0.5, 0.6) is 0 Å². The summed E-state index contributed by atoms with van der Waals surface area (Å²) in [7, 11) is 0. The average Bonchev–Trinajstić information content (AvgIpc) is 3.06. The number of hydrogen-bond acceptors (Lipinski definition) is 4. The number of quaternary nitrogens is 1. The Bertz CT molecular complexity index is 846. The van der Waals surface area contributed by atoms with Gasteiger partial charge in [-0.2, -0.15) is 0 Å². The van der Waals surface area contributed by atoms with Crippen LogP contribution in [-0.2, 0) is 0 Å². The summed E-state index contributed by atoms with van der Waals surface area (Å²) >= 11 is 7.77. The van der Waals surface area contributed by atoms with Gasteiger partial charge in [0.25, 0.3) is 0 Å². The Labute approximate surface area is 156 Å². The van der Waals surface area contributed by atoms with Gasteiger partial charge in [0.15, 0.2) is 5.13 Å². The number of aliphatic hydroxyl groups excluding tert-OH is 1. The fourth-order valence-electron chi connectivity index (χ4n) is 3.31. The minimum atomic E-state index is -0.396. The summed E-state index contributed by atoms with van der Waals surface area (Å²) in [4.78, 5) is 8.52. The third-order valence-corrected chi connectivity index (χ3v) is 6.06. The van der Waals surface area contributed by atoms with Crippen molar-refractivity contribution in [2.75, 3.05) is 37.6 Å². The van der Waals surface area contributed by atoms with Crippen molar-refractivity contribution in [3.8, 4) is 0 Å². The maximum absolute atomic E-state index is 10.4. The number of aromatic nitrogens is 1. The largest absolute Gasteiger partial charge is 0.382 e. The van der Waals surface area contributed by atoms with Gasteiger partial charge in [-0.1, -0.05) is 53.3 Å². The molecule has 2 heterocycles. The minimum absolute atomic E-state index is 0.396. The van der Waals surface area contributed by atoms with Gasteiger partial charge in [-0.3, -0.25) is 0 Å². The molecule has 3 aromatic rings. The highest BCUT2D eigenvalue weighted by atomic mass is 35.5. The Morgan fingerprint density at radius 2 is 1.92 bits per heavy atom. The summed E-state index contributed by atoms with van der Waals surface area (Å²) in [5, 5.41) is 12.2. The van der Waals surface area contributed by atoms with Crippen LogP contribution in [0.15, 0.2) is 48.5 Å². The van der Waals surface area contributed by atoms with Crippen LogP contribution in [0.3, 0.4) is 0 Å². The van der Waals surface area contributed by atoms with E-state index >= 15 is 0 Å². The molecule has 25 heavy (non-hydrogen) atoms. The molecule has 1 aromatic heterocycles. The molecule has 4 rings (SSSR count). The molecule has 2 aromatic carbocycles. The number of rotatable bonds is 4. The molecule has 0 radical (unpaired) electrons. The van der Waals surface area contributed by atoms with Gasteiger partial charge in [-0.15, -0.1) is 0 Å². The lowest BCUT2D eigenvalue weighted by molar-refractivity contribution is -0.904. The van der Waals surface area contributed by atoms with E-state index in [1.165, 1.54) is 4.90 Å². The third kappa shape index (κ3) is 3.80. The number of anilines is 1. The van der Waals surface area contributed by atoms with Crippen molar-refractivity contribution < 1.29 is 10.0 Å². The molecule has 1 saturated heterocycles. The average molecular weight is 375 g/mol. The number of benzene rings is 2. The van der Waals surface area contributed by atoms with Gasteiger partial charge < -0.3 is 14.9 Å². The van der Waals surface area contributed by atoms with E-state index in [0.29, 0.717) is 0 Å². The molecule has 6 heteroatoms. The van der Waals surface area contributed by atoms with E-state index in [1.807, 2.05) is 48.5 Å². The second-order valence-electron chi connectivity index (χ2n) is 6.48. The quantitative estimate of drug-likeness (QED) is 0.736. The smallest absolute Gasteiger partial charge is 0.186 e. The van der Waals surface area contributed by atoms with Crippen LogP contribution in [0, 0.1) is 0 Å². The zero-order valence-corrected chi connectivity index (χ0v) is 15.4.